The number of esters is 1. The zero-order valence-corrected chi connectivity index (χ0v) is 20.1. The lowest BCUT2D eigenvalue weighted by Gasteiger charge is -2.19. The van der Waals surface area contributed by atoms with Gasteiger partial charge in [0, 0.05) is 39.4 Å². The van der Waals surface area contributed by atoms with Gasteiger partial charge < -0.3 is 30.7 Å². The molecule has 8 heteroatoms. The van der Waals surface area contributed by atoms with Gasteiger partial charge in [0.25, 0.3) is 0 Å². The molecule has 31 heavy (non-hydrogen) atoms. The van der Waals surface area contributed by atoms with E-state index in [0.717, 1.165) is 6.42 Å². The van der Waals surface area contributed by atoms with Crippen LogP contribution in [0, 0.1) is 0 Å². The Balaban J connectivity index is 0. The first-order valence-corrected chi connectivity index (χ1v) is 11.7. The van der Waals surface area contributed by atoms with Gasteiger partial charge in [-0.3, -0.25) is 9.59 Å². The molecule has 5 N–H and O–H groups in total. The number of rotatable bonds is 12. The first-order chi connectivity index (χ1) is 14.8. The number of unbranched alkanes of at least 4 members (excludes halogenated alkanes) is 1. The highest BCUT2D eigenvalue weighted by Gasteiger charge is 2.15. The molecule has 0 aromatic heterocycles. The maximum Gasteiger partial charge on any atom is 0.306 e. The first-order valence-electron chi connectivity index (χ1n) is 11.7. The highest BCUT2D eigenvalue weighted by molar-refractivity contribution is 5.77. The van der Waals surface area contributed by atoms with Crippen molar-refractivity contribution in [2.24, 2.45) is 5.73 Å². The third-order valence-corrected chi connectivity index (χ3v) is 4.13. The number of amides is 1. The number of nitrogens with one attached hydrogen (secondary N) is 1. The van der Waals surface area contributed by atoms with Crippen molar-refractivity contribution in [1.29, 1.82) is 0 Å². The van der Waals surface area contributed by atoms with Gasteiger partial charge in [-0.25, -0.2) is 0 Å². The van der Waals surface area contributed by atoms with Crippen LogP contribution in [0.15, 0.2) is 0 Å². The molecule has 186 valence electrons. The third kappa shape index (κ3) is 31.1. The molecule has 0 radical (unpaired) electrons. The number of carbonyl (C=O) groups excluding carboxylic acids is 2. The fraction of sp³-hybridized carbons (Fsp3) is 0.913. The Morgan fingerprint density at radius 1 is 0.871 bits per heavy atom. The second kappa shape index (κ2) is 23.4. The quantitative estimate of drug-likeness (QED) is 0.267. The lowest BCUT2D eigenvalue weighted by Crippen LogP contribution is -2.31. The van der Waals surface area contributed by atoms with E-state index >= 15 is 0 Å². The normalized spacial score (nSPS) is 13.2. The summed E-state index contributed by atoms with van der Waals surface area (Å²) in [7, 11) is 0. The van der Waals surface area contributed by atoms with Gasteiger partial charge in [0.1, 0.15) is 5.60 Å². The van der Waals surface area contributed by atoms with Crippen molar-refractivity contribution in [3.8, 4) is 0 Å². The van der Waals surface area contributed by atoms with E-state index in [0.29, 0.717) is 45.4 Å². The number of ether oxygens (including phenoxy) is 2. The number of nitrogens with two attached hydrogens (primary N) is 1. The van der Waals surface area contributed by atoms with Crippen LogP contribution in [0.3, 0.4) is 0 Å². The summed E-state index contributed by atoms with van der Waals surface area (Å²) in [6.07, 6.45) is 12.2. The van der Waals surface area contributed by atoms with Crippen molar-refractivity contribution in [2.75, 3.05) is 39.5 Å². The van der Waals surface area contributed by atoms with Crippen LogP contribution in [0.5, 0.6) is 0 Å². The lowest BCUT2D eigenvalue weighted by molar-refractivity contribution is -0.154. The van der Waals surface area contributed by atoms with Gasteiger partial charge in [0.2, 0.25) is 5.91 Å². The molecule has 1 rings (SSSR count). The average molecular weight is 449 g/mol. The van der Waals surface area contributed by atoms with Crippen LogP contribution in [-0.4, -0.2) is 67.2 Å². The van der Waals surface area contributed by atoms with Gasteiger partial charge in [-0.1, -0.05) is 38.5 Å². The first kappa shape index (κ1) is 32.0. The van der Waals surface area contributed by atoms with E-state index in [4.69, 9.17) is 25.4 Å². The van der Waals surface area contributed by atoms with Crippen LogP contribution >= 0.6 is 0 Å². The molecule has 0 spiro atoms. The molecule has 0 aromatic rings. The molecule has 0 atom stereocenters. The van der Waals surface area contributed by atoms with E-state index in [1.54, 1.807) is 0 Å². The van der Waals surface area contributed by atoms with Crippen molar-refractivity contribution in [3.05, 3.63) is 0 Å². The van der Waals surface area contributed by atoms with Crippen molar-refractivity contribution < 1.29 is 29.3 Å². The predicted molar refractivity (Wildman–Crippen MR) is 124 cm³/mol. The van der Waals surface area contributed by atoms with Gasteiger partial charge in [-0.05, 0) is 46.5 Å². The molecular weight excluding hydrogens is 400 g/mol. The Morgan fingerprint density at radius 2 is 1.35 bits per heavy atom. The van der Waals surface area contributed by atoms with E-state index < -0.39 is 5.60 Å². The summed E-state index contributed by atoms with van der Waals surface area (Å²) in [4.78, 5) is 22.1. The Morgan fingerprint density at radius 3 is 1.74 bits per heavy atom. The summed E-state index contributed by atoms with van der Waals surface area (Å²) in [5.41, 5.74) is 4.69. The summed E-state index contributed by atoms with van der Waals surface area (Å²) >= 11 is 0. The molecule has 0 aromatic carbocycles. The van der Waals surface area contributed by atoms with Crippen molar-refractivity contribution in [2.45, 2.75) is 97.0 Å². The van der Waals surface area contributed by atoms with E-state index in [1.807, 2.05) is 20.8 Å². The van der Waals surface area contributed by atoms with E-state index in [9.17, 15) is 9.59 Å². The fourth-order valence-electron chi connectivity index (χ4n) is 2.58. The predicted octanol–water partition coefficient (Wildman–Crippen LogP) is 2.68. The van der Waals surface area contributed by atoms with Crippen LogP contribution in [0.2, 0.25) is 0 Å². The zero-order valence-electron chi connectivity index (χ0n) is 20.1. The Bertz CT molecular complexity index is 392. The Kier molecular flexibility index (Phi) is 24.2. The summed E-state index contributed by atoms with van der Waals surface area (Å²) in [6.45, 7) is 7.63. The molecule has 1 aliphatic rings. The van der Waals surface area contributed by atoms with Gasteiger partial charge in [-0.2, -0.15) is 0 Å². The monoisotopic (exact) mass is 448 g/mol. The van der Waals surface area contributed by atoms with Gasteiger partial charge in [-0.15, -0.1) is 0 Å². The average Bonchev–Trinajstić information content (AvgIpc) is 2.74. The number of carbonyl (C=O) groups is 2. The van der Waals surface area contributed by atoms with E-state index in [2.05, 4.69) is 5.32 Å². The topological polar surface area (TPSA) is 131 Å². The molecule has 0 unspecified atom stereocenters. The molecular formula is C23H48N2O6. The molecule has 1 amide bonds. The number of hydrogen-bond acceptors (Lipinski definition) is 7. The van der Waals surface area contributed by atoms with Crippen molar-refractivity contribution >= 4 is 11.9 Å². The smallest absolute Gasteiger partial charge is 0.306 e. The van der Waals surface area contributed by atoms with Crippen LogP contribution < -0.4 is 11.1 Å². The highest BCUT2D eigenvalue weighted by Crippen LogP contribution is 2.15. The van der Waals surface area contributed by atoms with E-state index in [1.165, 1.54) is 38.5 Å². The van der Waals surface area contributed by atoms with Gasteiger partial charge in [0.05, 0.1) is 6.54 Å². The molecule has 8 nitrogen and oxygen atoms in total. The van der Waals surface area contributed by atoms with Crippen LogP contribution in [0.25, 0.3) is 0 Å². The number of hydrogen-bond donors (Lipinski definition) is 4. The van der Waals surface area contributed by atoms with Crippen molar-refractivity contribution in [3.63, 3.8) is 0 Å². The highest BCUT2D eigenvalue weighted by atomic mass is 16.6. The van der Waals surface area contributed by atoms with Gasteiger partial charge in [0.15, 0.2) is 0 Å². The molecule has 0 aliphatic heterocycles. The minimum atomic E-state index is -0.426. The molecule has 1 saturated carbocycles. The van der Waals surface area contributed by atoms with Crippen LogP contribution in [0.1, 0.15) is 91.4 Å². The van der Waals surface area contributed by atoms with E-state index in [-0.39, 0.29) is 31.6 Å². The van der Waals surface area contributed by atoms with Crippen molar-refractivity contribution in [1.82, 2.24) is 5.32 Å². The summed E-state index contributed by atoms with van der Waals surface area (Å²) in [6, 6.07) is 0. The number of aliphatic hydroxyl groups excluding tert-OH is 2. The summed E-state index contributed by atoms with van der Waals surface area (Å²) in [5.74, 6) is -0.366. The minimum absolute atomic E-state index is 0.00602. The molecule has 1 fully saturated rings. The molecule has 0 saturated heterocycles. The summed E-state index contributed by atoms with van der Waals surface area (Å²) < 4.78 is 10.1. The number of aliphatic hydroxyl groups is 2. The second-order valence-electron chi connectivity index (χ2n) is 8.49. The summed E-state index contributed by atoms with van der Waals surface area (Å²) in [5, 5.41) is 19.2. The van der Waals surface area contributed by atoms with Crippen LogP contribution in [-0.2, 0) is 19.1 Å². The lowest BCUT2D eigenvalue weighted by atomic mass is 10.0. The maximum atomic E-state index is 11.3. The Hall–Kier alpha value is -1.22. The maximum absolute atomic E-state index is 11.3. The minimum Gasteiger partial charge on any atom is -0.460 e. The molecule has 1 aliphatic carbocycles. The van der Waals surface area contributed by atoms with Gasteiger partial charge >= 0.3 is 5.97 Å². The fourth-order valence-corrected chi connectivity index (χ4v) is 2.58. The largest absolute Gasteiger partial charge is 0.460 e. The third-order valence-electron chi connectivity index (χ3n) is 4.13. The second-order valence-corrected chi connectivity index (χ2v) is 8.49. The van der Waals surface area contributed by atoms with Crippen LogP contribution in [0.4, 0.5) is 0 Å². The zero-order chi connectivity index (χ0) is 23.8. The molecule has 0 heterocycles. The standard InChI is InChI=1S/C11H22N2O3.C6H14O3.C6H12/c1-11(2,3)16-10(15)6-4-5-7-13-9(14)8-12;7-3-1-5-9-6-2-4-8;1-2-4-6-5-3-1/h4-8,12H2,1-3H3,(H,13,14);7-8H,1-6H2;1-6H2. The molecule has 0 bridgehead atoms. The Labute approximate surface area is 189 Å². The SMILES string of the molecule is C1CCCCC1.CC(C)(C)OC(=O)CCCCNC(=O)CN.OCCCOCCCO.